The van der Waals surface area contributed by atoms with Gasteiger partial charge in [0.25, 0.3) is 0 Å². The highest BCUT2D eigenvalue weighted by molar-refractivity contribution is 6.30. The van der Waals surface area contributed by atoms with Crippen LogP contribution < -0.4 is 5.73 Å². The van der Waals surface area contributed by atoms with Crippen LogP contribution in [0.5, 0.6) is 0 Å². The molecule has 3 N–H and O–H groups in total. The number of rotatable bonds is 3. The van der Waals surface area contributed by atoms with Crippen LogP contribution in [0.1, 0.15) is 31.2 Å². The Morgan fingerprint density at radius 2 is 1.88 bits per heavy atom. The predicted octanol–water partition coefficient (Wildman–Crippen LogP) is 1.86. The van der Waals surface area contributed by atoms with Crippen molar-refractivity contribution < 1.29 is 5.11 Å². The van der Waals surface area contributed by atoms with Gasteiger partial charge in [-0.1, -0.05) is 23.7 Å². The van der Waals surface area contributed by atoms with Gasteiger partial charge in [-0.3, -0.25) is 4.90 Å². The van der Waals surface area contributed by atoms with Crippen molar-refractivity contribution in [2.45, 2.75) is 50.3 Å². The van der Waals surface area contributed by atoms with Crippen LogP contribution >= 0.6 is 11.6 Å². The summed E-state index contributed by atoms with van der Waals surface area (Å²) in [5, 5.41) is 19.2. The SMILES string of the molecule is NC1=NN=C(N2CCC(N3C[C@@H](O)CC3Cc3ccc(Cl)cc3)CC2)C1. The van der Waals surface area contributed by atoms with Crippen LogP contribution in [0.3, 0.4) is 0 Å². The second-order valence-electron chi connectivity index (χ2n) is 7.57. The average molecular weight is 376 g/mol. The number of nitrogens with zero attached hydrogens (tertiary/aromatic N) is 4. The number of hydrogen-bond acceptors (Lipinski definition) is 6. The smallest absolute Gasteiger partial charge is 0.135 e. The van der Waals surface area contributed by atoms with Crippen molar-refractivity contribution in [3.8, 4) is 0 Å². The maximum Gasteiger partial charge on any atom is 0.135 e. The molecule has 3 aliphatic heterocycles. The van der Waals surface area contributed by atoms with E-state index >= 15 is 0 Å². The third-order valence-corrected chi connectivity index (χ3v) is 6.00. The Morgan fingerprint density at radius 1 is 1.15 bits per heavy atom. The van der Waals surface area contributed by atoms with Gasteiger partial charge in [-0.2, -0.15) is 0 Å². The van der Waals surface area contributed by atoms with E-state index in [0.717, 1.165) is 56.2 Å². The summed E-state index contributed by atoms with van der Waals surface area (Å²) in [7, 11) is 0. The highest BCUT2D eigenvalue weighted by Gasteiger charge is 2.37. The number of aliphatic hydroxyl groups is 1. The molecule has 4 rings (SSSR count). The summed E-state index contributed by atoms with van der Waals surface area (Å²) in [5.74, 6) is 1.60. The average Bonchev–Trinajstić information content (AvgIpc) is 3.23. The molecule has 26 heavy (non-hydrogen) atoms. The quantitative estimate of drug-likeness (QED) is 0.845. The van der Waals surface area contributed by atoms with Crippen LogP contribution in [-0.2, 0) is 6.42 Å². The molecule has 1 aromatic rings. The van der Waals surface area contributed by atoms with Crippen LogP contribution in [-0.4, -0.2) is 64.4 Å². The normalized spacial score (nSPS) is 27.7. The lowest BCUT2D eigenvalue weighted by Gasteiger charge is -2.40. The molecule has 6 nitrogen and oxygen atoms in total. The Bertz CT molecular complexity index is 696. The van der Waals surface area contributed by atoms with Crippen LogP contribution in [0.15, 0.2) is 34.5 Å². The van der Waals surface area contributed by atoms with Gasteiger partial charge in [0.15, 0.2) is 0 Å². The largest absolute Gasteiger partial charge is 0.392 e. The van der Waals surface area contributed by atoms with E-state index in [1.165, 1.54) is 5.56 Å². The minimum absolute atomic E-state index is 0.224. The first-order valence-electron chi connectivity index (χ1n) is 9.40. The zero-order chi connectivity index (χ0) is 18.1. The molecule has 0 amide bonds. The van der Waals surface area contributed by atoms with Gasteiger partial charge >= 0.3 is 0 Å². The standard InChI is InChI=1S/C19H26ClN5O/c20-14-3-1-13(2-4-14)9-16-10-17(26)12-25(16)15-5-7-24(8-6-15)19-11-18(21)22-23-19/h1-4,15-17,26H,5-12H2,(H2,21,22)/t16?,17-/m0/s1. The topological polar surface area (TPSA) is 77.5 Å². The third-order valence-electron chi connectivity index (χ3n) is 5.75. The monoisotopic (exact) mass is 375 g/mol. The van der Waals surface area contributed by atoms with Crippen LogP contribution in [0, 0.1) is 0 Å². The van der Waals surface area contributed by atoms with Crippen LogP contribution in [0.4, 0.5) is 0 Å². The highest BCUT2D eigenvalue weighted by Crippen LogP contribution is 2.29. The fourth-order valence-electron chi connectivity index (χ4n) is 4.44. The molecule has 0 spiro atoms. The minimum Gasteiger partial charge on any atom is -0.392 e. The van der Waals surface area contributed by atoms with Crippen molar-refractivity contribution in [1.29, 1.82) is 0 Å². The van der Waals surface area contributed by atoms with E-state index < -0.39 is 0 Å². The van der Waals surface area contributed by atoms with Gasteiger partial charge in [-0.15, -0.1) is 10.2 Å². The number of β-amino-alcohol motifs (C(OH)–C–C–N with tert-alkyl or cyclic N) is 1. The van der Waals surface area contributed by atoms with Gasteiger partial charge in [0.2, 0.25) is 0 Å². The number of piperidine rings is 1. The number of halogens is 1. The molecule has 0 bridgehead atoms. The maximum atomic E-state index is 10.3. The molecular weight excluding hydrogens is 350 g/mol. The Hall–Kier alpha value is -1.63. The number of likely N-dealkylation sites (tertiary alicyclic amines) is 2. The summed E-state index contributed by atoms with van der Waals surface area (Å²) in [4.78, 5) is 4.83. The molecule has 3 heterocycles. The molecule has 2 saturated heterocycles. The number of nitrogens with two attached hydrogens (primary N) is 1. The second-order valence-corrected chi connectivity index (χ2v) is 8.01. The number of amidine groups is 2. The maximum absolute atomic E-state index is 10.3. The van der Waals surface area contributed by atoms with E-state index in [-0.39, 0.29) is 6.10 Å². The van der Waals surface area contributed by atoms with Crippen molar-refractivity contribution in [2.75, 3.05) is 19.6 Å². The second kappa shape index (κ2) is 7.55. The molecule has 2 fully saturated rings. The lowest BCUT2D eigenvalue weighted by molar-refractivity contribution is 0.109. The summed E-state index contributed by atoms with van der Waals surface area (Å²) in [5.41, 5.74) is 7.02. The molecule has 1 unspecified atom stereocenters. The Morgan fingerprint density at radius 3 is 2.54 bits per heavy atom. The van der Waals surface area contributed by atoms with Gasteiger partial charge in [0.1, 0.15) is 11.7 Å². The van der Waals surface area contributed by atoms with E-state index in [9.17, 15) is 5.11 Å². The fourth-order valence-corrected chi connectivity index (χ4v) is 4.57. The molecule has 0 saturated carbocycles. The molecule has 7 heteroatoms. The first-order chi connectivity index (χ1) is 12.6. The lowest BCUT2D eigenvalue weighted by atomic mass is 9.98. The zero-order valence-corrected chi connectivity index (χ0v) is 15.6. The number of benzene rings is 1. The summed E-state index contributed by atoms with van der Waals surface area (Å²) in [6, 6.07) is 8.99. The first-order valence-corrected chi connectivity index (χ1v) is 9.78. The fraction of sp³-hybridized carbons (Fsp3) is 0.579. The Balaban J connectivity index is 1.36. The summed E-state index contributed by atoms with van der Waals surface area (Å²) >= 11 is 6.00. The van der Waals surface area contributed by atoms with E-state index in [0.29, 0.717) is 24.3 Å². The molecule has 0 aromatic heterocycles. The van der Waals surface area contributed by atoms with E-state index in [4.69, 9.17) is 17.3 Å². The Kier molecular flexibility index (Phi) is 5.16. The summed E-state index contributed by atoms with van der Waals surface area (Å²) in [6.07, 6.45) is 4.43. The van der Waals surface area contributed by atoms with Crippen molar-refractivity contribution >= 4 is 23.3 Å². The first kappa shape index (κ1) is 17.8. The molecule has 1 aromatic carbocycles. The van der Waals surface area contributed by atoms with Crippen molar-refractivity contribution in [1.82, 2.24) is 9.80 Å². The lowest BCUT2D eigenvalue weighted by Crippen LogP contribution is -2.49. The van der Waals surface area contributed by atoms with Crippen molar-refractivity contribution in [3.05, 3.63) is 34.9 Å². The molecule has 0 aliphatic carbocycles. The molecule has 0 radical (unpaired) electrons. The van der Waals surface area contributed by atoms with E-state index in [1.54, 1.807) is 0 Å². The minimum atomic E-state index is -0.224. The van der Waals surface area contributed by atoms with Crippen LogP contribution in [0.25, 0.3) is 0 Å². The van der Waals surface area contributed by atoms with Crippen molar-refractivity contribution in [3.63, 3.8) is 0 Å². The van der Waals surface area contributed by atoms with Gasteiger partial charge in [0, 0.05) is 36.7 Å². The van der Waals surface area contributed by atoms with E-state index in [2.05, 4.69) is 32.1 Å². The summed E-state index contributed by atoms with van der Waals surface area (Å²) < 4.78 is 0. The Labute approximate surface area is 159 Å². The van der Waals surface area contributed by atoms with Gasteiger partial charge < -0.3 is 15.7 Å². The molecule has 2 atom stereocenters. The van der Waals surface area contributed by atoms with Gasteiger partial charge in [-0.05, 0) is 43.4 Å². The van der Waals surface area contributed by atoms with Gasteiger partial charge in [0.05, 0.1) is 12.5 Å². The third kappa shape index (κ3) is 3.87. The zero-order valence-electron chi connectivity index (χ0n) is 14.9. The van der Waals surface area contributed by atoms with E-state index in [1.807, 2.05) is 12.1 Å². The molecule has 3 aliphatic rings. The van der Waals surface area contributed by atoms with Crippen molar-refractivity contribution in [2.24, 2.45) is 15.9 Å². The number of aliphatic hydroxyl groups excluding tert-OH is 1. The number of hydrogen-bond donors (Lipinski definition) is 2. The predicted molar refractivity (Wildman–Crippen MR) is 105 cm³/mol. The summed E-state index contributed by atoms with van der Waals surface area (Å²) in [6.45, 7) is 2.74. The highest BCUT2D eigenvalue weighted by atomic mass is 35.5. The molecular formula is C19H26ClN5O. The van der Waals surface area contributed by atoms with Gasteiger partial charge in [-0.25, -0.2) is 0 Å². The molecule has 140 valence electrons. The van der Waals surface area contributed by atoms with Crippen LogP contribution in [0.2, 0.25) is 5.02 Å².